The maximum atomic E-state index is 5.85. The summed E-state index contributed by atoms with van der Waals surface area (Å²) in [4.78, 5) is 4.96. The Morgan fingerprint density at radius 1 is 1.40 bits per heavy atom. The number of rotatable bonds is 6. The molecule has 0 radical (unpaired) electrons. The van der Waals surface area contributed by atoms with E-state index in [1.807, 2.05) is 0 Å². The molecule has 1 aromatic rings. The van der Waals surface area contributed by atoms with Gasteiger partial charge >= 0.3 is 0 Å². The smallest absolute Gasteiger partial charge is 0.118 e. The molecule has 1 fully saturated rings. The van der Waals surface area contributed by atoms with Crippen LogP contribution in [0.5, 0.6) is 0 Å². The van der Waals surface area contributed by atoms with Crippen molar-refractivity contribution in [3.63, 3.8) is 0 Å². The molecular weight excluding hydrogens is 250 g/mol. The molecule has 1 aromatic heterocycles. The number of hydrogen-bond acceptors (Lipinski definition) is 4. The lowest BCUT2D eigenvalue weighted by molar-refractivity contribution is 0.0996. The van der Waals surface area contributed by atoms with Crippen LogP contribution < -0.4 is 5.32 Å². The van der Waals surface area contributed by atoms with Crippen LogP contribution in [0.1, 0.15) is 37.4 Å². The van der Waals surface area contributed by atoms with Crippen LogP contribution in [0.3, 0.4) is 0 Å². The van der Waals surface area contributed by atoms with Crippen LogP contribution in [0.2, 0.25) is 0 Å². The van der Waals surface area contributed by atoms with Crippen molar-refractivity contribution in [2.24, 2.45) is 0 Å². The van der Waals surface area contributed by atoms with Gasteiger partial charge in [0, 0.05) is 37.8 Å². The molecule has 0 aromatic carbocycles. The Balaban J connectivity index is 1.89. The summed E-state index contributed by atoms with van der Waals surface area (Å²) in [6.45, 7) is 12.9. The molecule has 4 nitrogen and oxygen atoms in total. The minimum atomic E-state index is 0.640. The summed E-state index contributed by atoms with van der Waals surface area (Å²) >= 11 is 0. The lowest BCUT2D eigenvalue weighted by Crippen LogP contribution is -2.49. The second kappa shape index (κ2) is 7.25. The van der Waals surface area contributed by atoms with Crippen molar-refractivity contribution >= 4 is 0 Å². The third-order valence-corrected chi connectivity index (χ3v) is 4.24. The van der Waals surface area contributed by atoms with Crippen LogP contribution >= 0.6 is 0 Å². The van der Waals surface area contributed by atoms with Crippen molar-refractivity contribution in [1.29, 1.82) is 0 Å². The highest BCUT2D eigenvalue weighted by Gasteiger charge is 2.21. The topological polar surface area (TPSA) is 31.6 Å². The van der Waals surface area contributed by atoms with Crippen molar-refractivity contribution in [2.75, 3.05) is 33.2 Å². The fourth-order valence-electron chi connectivity index (χ4n) is 2.73. The number of aryl methyl sites for hydroxylation is 1. The molecule has 2 rings (SSSR count). The van der Waals surface area contributed by atoms with Gasteiger partial charge in [-0.05, 0) is 39.9 Å². The highest BCUT2D eigenvalue weighted by atomic mass is 16.3. The van der Waals surface area contributed by atoms with E-state index >= 15 is 0 Å². The van der Waals surface area contributed by atoms with Crippen molar-refractivity contribution in [1.82, 2.24) is 15.1 Å². The van der Waals surface area contributed by atoms with Crippen LogP contribution in [0.15, 0.2) is 10.5 Å². The van der Waals surface area contributed by atoms with E-state index in [1.165, 1.54) is 5.56 Å². The molecule has 0 saturated carbocycles. The number of piperazine rings is 1. The highest BCUT2D eigenvalue weighted by Crippen LogP contribution is 2.18. The fourth-order valence-corrected chi connectivity index (χ4v) is 2.73. The van der Waals surface area contributed by atoms with E-state index in [4.69, 9.17) is 4.42 Å². The molecule has 2 heterocycles. The predicted molar refractivity (Wildman–Crippen MR) is 82.8 cm³/mol. The lowest BCUT2D eigenvalue weighted by atomic mass is 10.1. The molecule has 0 bridgehead atoms. The molecule has 1 aliphatic heterocycles. The minimum absolute atomic E-state index is 0.640. The maximum Gasteiger partial charge on any atom is 0.118 e. The quantitative estimate of drug-likeness (QED) is 0.809. The molecule has 4 heteroatoms. The molecule has 20 heavy (non-hydrogen) atoms. The van der Waals surface area contributed by atoms with E-state index in [1.54, 1.807) is 0 Å². The van der Waals surface area contributed by atoms with E-state index in [9.17, 15) is 0 Å². The van der Waals surface area contributed by atoms with E-state index in [2.05, 4.69) is 49.0 Å². The van der Waals surface area contributed by atoms with Gasteiger partial charge in [0.1, 0.15) is 11.5 Å². The van der Waals surface area contributed by atoms with Crippen LogP contribution in [-0.4, -0.2) is 49.1 Å². The third-order valence-electron chi connectivity index (χ3n) is 4.24. The zero-order chi connectivity index (χ0) is 14.5. The maximum absolute atomic E-state index is 5.85. The molecule has 0 amide bonds. The number of nitrogens with zero attached hydrogens (tertiary/aromatic N) is 2. The van der Waals surface area contributed by atoms with Crippen molar-refractivity contribution in [3.05, 3.63) is 23.2 Å². The highest BCUT2D eigenvalue weighted by molar-refractivity contribution is 5.21. The van der Waals surface area contributed by atoms with Gasteiger partial charge in [0.15, 0.2) is 0 Å². The zero-order valence-corrected chi connectivity index (χ0v) is 13.4. The summed E-state index contributed by atoms with van der Waals surface area (Å²) in [7, 11) is 2.21. The van der Waals surface area contributed by atoms with Crippen molar-refractivity contribution in [2.45, 2.75) is 46.3 Å². The Labute approximate surface area is 123 Å². The molecule has 114 valence electrons. The Kier molecular flexibility index (Phi) is 5.64. The summed E-state index contributed by atoms with van der Waals surface area (Å²) in [5, 5.41) is 3.39. The van der Waals surface area contributed by atoms with Gasteiger partial charge in [0.25, 0.3) is 0 Å². The van der Waals surface area contributed by atoms with Gasteiger partial charge in [-0.1, -0.05) is 6.92 Å². The zero-order valence-electron chi connectivity index (χ0n) is 13.4. The second-order valence-electron chi connectivity index (χ2n) is 6.04. The van der Waals surface area contributed by atoms with E-state index < -0.39 is 0 Å². The SMILES string of the molecule is CCCNCc1cc(CN2CCN(C)C(C)C2)c(C)o1. The summed E-state index contributed by atoms with van der Waals surface area (Å²) < 4.78 is 5.85. The number of likely N-dealkylation sites (N-methyl/N-ethyl adjacent to an activating group) is 1. The molecule has 1 N–H and O–H groups in total. The molecule has 1 saturated heterocycles. The minimum Gasteiger partial charge on any atom is -0.465 e. The third kappa shape index (κ3) is 4.08. The number of hydrogen-bond donors (Lipinski definition) is 1. The van der Waals surface area contributed by atoms with Gasteiger partial charge < -0.3 is 14.6 Å². The van der Waals surface area contributed by atoms with Gasteiger partial charge in [-0.2, -0.15) is 0 Å². The molecule has 1 aliphatic rings. The molecule has 1 atom stereocenters. The van der Waals surface area contributed by atoms with E-state index in [0.717, 1.165) is 57.2 Å². The molecule has 0 spiro atoms. The first kappa shape index (κ1) is 15.5. The average molecular weight is 279 g/mol. The lowest BCUT2D eigenvalue weighted by Gasteiger charge is -2.37. The normalized spacial score (nSPS) is 21.5. The van der Waals surface area contributed by atoms with Gasteiger partial charge in [-0.3, -0.25) is 4.90 Å². The summed E-state index contributed by atoms with van der Waals surface area (Å²) in [6.07, 6.45) is 1.16. The first-order valence-corrected chi connectivity index (χ1v) is 7.81. The Hall–Kier alpha value is -0.840. The van der Waals surface area contributed by atoms with Crippen molar-refractivity contribution < 1.29 is 4.42 Å². The van der Waals surface area contributed by atoms with Crippen LogP contribution in [-0.2, 0) is 13.1 Å². The van der Waals surface area contributed by atoms with Crippen molar-refractivity contribution in [3.8, 4) is 0 Å². The van der Waals surface area contributed by atoms with Gasteiger partial charge in [-0.15, -0.1) is 0 Å². The summed E-state index contributed by atoms with van der Waals surface area (Å²) in [5.41, 5.74) is 1.34. The molecule has 0 aliphatic carbocycles. The second-order valence-corrected chi connectivity index (χ2v) is 6.04. The monoisotopic (exact) mass is 279 g/mol. The Bertz CT molecular complexity index is 416. The van der Waals surface area contributed by atoms with E-state index in [-0.39, 0.29) is 0 Å². The molecular formula is C16H29N3O. The summed E-state index contributed by atoms with van der Waals surface area (Å²) in [6, 6.07) is 2.86. The Morgan fingerprint density at radius 2 is 2.20 bits per heavy atom. The van der Waals surface area contributed by atoms with Crippen LogP contribution in [0.25, 0.3) is 0 Å². The first-order chi connectivity index (χ1) is 9.60. The van der Waals surface area contributed by atoms with Gasteiger partial charge in [-0.25, -0.2) is 0 Å². The predicted octanol–water partition coefficient (Wildman–Crippen LogP) is 2.22. The summed E-state index contributed by atoms with van der Waals surface area (Å²) in [5.74, 6) is 2.14. The number of furan rings is 1. The number of nitrogens with one attached hydrogen (secondary N) is 1. The fraction of sp³-hybridized carbons (Fsp3) is 0.750. The largest absolute Gasteiger partial charge is 0.465 e. The first-order valence-electron chi connectivity index (χ1n) is 7.81. The van der Waals surface area contributed by atoms with Crippen LogP contribution in [0, 0.1) is 6.92 Å². The van der Waals surface area contributed by atoms with E-state index in [0.29, 0.717) is 6.04 Å². The van der Waals surface area contributed by atoms with Gasteiger partial charge in [0.2, 0.25) is 0 Å². The Morgan fingerprint density at radius 3 is 2.90 bits per heavy atom. The molecule has 1 unspecified atom stereocenters. The van der Waals surface area contributed by atoms with Gasteiger partial charge in [0.05, 0.1) is 6.54 Å². The standard InChI is InChI=1S/C16H29N3O/c1-5-6-17-10-16-9-15(14(3)20-16)12-19-8-7-18(4)13(2)11-19/h9,13,17H,5-8,10-12H2,1-4H3. The average Bonchev–Trinajstić information content (AvgIpc) is 2.75. The van der Waals surface area contributed by atoms with Crippen LogP contribution in [0.4, 0.5) is 0 Å².